The Labute approximate surface area is 179 Å². The zero-order chi connectivity index (χ0) is 20.6. The van der Waals surface area contributed by atoms with E-state index in [1.165, 1.54) is 19.3 Å². The number of benzene rings is 2. The van der Waals surface area contributed by atoms with Gasteiger partial charge in [0.05, 0.1) is 12.1 Å². The summed E-state index contributed by atoms with van der Waals surface area (Å²) in [4.78, 5) is 24.6. The number of hydrogen-bond acceptors (Lipinski definition) is 4. The number of amides is 2. The summed E-state index contributed by atoms with van der Waals surface area (Å²) in [5.41, 5.74) is 4.49. The molecular formula is C22H27BrN4O2. The molecule has 154 valence electrons. The van der Waals surface area contributed by atoms with Crippen molar-refractivity contribution in [2.75, 3.05) is 11.9 Å². The van der Waals surface area contributed by atoms with Gasteiger partial charge in [-0.2, -0.15) is 0 Å². The van der Waals surface area contributed by atoms with Gasteiger partial charge in [-0.1, -0.05) is 49.6 Å². The molecule has 2 amide bonds. The van der Waals surface area contributed by atoms with Gasteiger partial charge in [0, 0.05) is 16.2 Å². The molecule has 2 aromatic rings. The Hall–Kier alpha value is -2.22. The molecule has 1 aliphatic rings. The van der Waals surface area contributed by atoms with Gasteiger partial charge in [0.25, 0.3) is 5.91 Å². The highest BCUT2D eigenvalue weighted by atomic mass is 79.9. The SMILES string of the molecule is NNC(=O)CNC(c1ccccc1NC(=O)c1ccccc1Br)C1CCCCC1. The standard InChI is InChI=1S/C22H27BrN4O2/c23-18-12-6-4-10-16(18)22(29)26-19-13-7-5-11-17(19)21(25-14-20(28)27-24)15-8-2-1-3-9-15/h4-7,10-13,15,21,25H,1-3,8-9,14,24H2,(H,26,29)(H,27,28). The highest BCUT2D eigenvalue weighted by Crippen LogP contribution is 2.37. The van der Waals surface area contributed by atoms with Crippen LogP contribution in [-0.4, -0.2) is 18.4 Å². The minimum atomic E-state index is -0.263. The Morgan fingerprint density at radius 3 is 2.45 bits per heavy atom. The lowest BCUT2D eigenvalue weighted by molar-refractivity contribution is -0.120. The van der Waals surface area contributed by atoms with Crippen molar-refractivity contribution in [2.24, 2.45) is 11.8 Å². The zero-order valence-electron chi connectivity index (χ0n) is 16.3. The average molecular weight is 459 g/mol. The fraction of sp³-hybridized carbons (Fsp3) is 0.364. The maximum absolute atomic E-state index is 12.9. The minimum absolute atomic E-state index is 0.0386. The van der Waals surface area contributed by atoms with Gasteiger partial charge in [0.1, 0.15) is 0 Å². The highest BCUT2D eigenvalue weighted by Gasteiger charge is 2.27. The first-order chi connectivity index (χ1) is 14.1. The van der Waals surface area contributed by atoms with Crippen LogP contribution in [0.1, 0.15) is 54.1 Å². The summed E-state index contributed by atoms with van der Waals surface area (Å²) >= 11 is 3.44. The second-order valence-corrected chi connectivity index (χ2v) is 8.20. The molecule has 7 heteroatoms. The lowest BCUT2D eigenvalue weighted by Crippen LogP contribution is -2.41. The summed E-state index contributed by atoms with van der Waals surface area (Å²) in [6.07, 6.45) is 5.78. The van der Waals surface area contributed by atoms with Crippen LogP contribution in [0.4, 0.5) is 5.69 Å². The zero-order valence-corrected chi connectivity index (χ0v) is 17.9. The van der Waals surface area contributed by atoms with Gasteiger partial charge in [0.2, 0.25) is 5.91 Å². The van der Waals surface area contributed by atoms with Crippen LogP contribution in [0.2, 0.25) is 0 Å². The predicted molar refractivity (Wildman–Crippen MR) is 118 cm³/mol. The lowest BCUT2D eigenvalue weighted by Gasteiger charge is -2.32. The van der Waals surface area contributed by atoms with Gasteiger partial charge < -0.3 is 10.6 Å². The molecule has 29 heavy (non-hydrogen) atoms. The van der Waals surface area contributed by atoms with Crippen LogP contribution < -0.4 is 21.9 Å². The Balaban J connectivity index is 1.86. The number of nitrogens with two attached hydrogens (primary N) is 1. The van der Waals surface area contributed by atoms with Crippen molar-refractivity contribution in [3.63, 3.8) is 0 Å². The van der Waals surface area contributed by atoms with Crippen LogP contribution in [-0.2, 0) is 4.79 Å². The third kappa shape index (κ3) is 5.65. The quantitative estimate of drug-likeness (QED) is 0.287. The van der Waals surface area contributed by atoms with Crippen molar-refractivity contribution < 1.29 is 9.59 Å². The van der Waals surface area contributed by atoms with Gasteiger partial charge in [-0.05, 0) is 58.5 Å². The van der Waals surface area contributed by atoms with E-state index in [0.717, 1.165) is 28.6 Å². The molecule has 0 aromatic heterocycles. The number of carbonyl (C=O) groups is 2. The van der Waals surface area contributed by atoms with Crippen LogP contribution >= 0.6 is 15.9 Å². The van der Waals surface area contributed by atoms with Crippen molar-refractivity contribution in [2.45, 2.75) is 38.1 Å². The summed E-state index contributed by atoms with van der Waals surface area (Å²) in [6, 6.07) is 15.1. The van der Waals surface area contributed by atoms with E-state index >= 15 is 0 Å². The smallest absolute Gasteiger partial charge is 0.256 e. The van der Waals surface area contributed by atoms with Gasteiger partial charge in [-0.3, -0.25) is 15.0 Å². The first kappa shape index (κ1) is 21.5. The average Bonchev–Trinajstić information content (AvgIpc) is 2.75. The second kappa shape index (κ2) is 10.5. The molecule has 1 unspecified atom stereocenters. The summed E-state index contributed by atoms with van der Waals surface area (Å²) in [6.45, 7) is 0.129. The fourth-order valence-corrected chi connectivity index (χ4v) is 4.43. The van der Waals surface area contributed by atoms with Crippen molar-refractivity contribution in [1.82, 2.24) is 10.7 Å². The number of para-hydroxylation sites is 1. The van der Waals surface area contributed by atoms with Gasteiger partial charge in [-0.25, -0.2) is 5.84 Å². The molecule has 1 atom stereocenters. The number of hydrogen-bond donors (Lipinski definition) is 4. The Morgan fingerprint density at radius 2 is 1.72 bits per heavy atom. The van der Waals surface area contributed by atoms with Crippen LogP contribution in [0.3, 0.4) is 0 Å². The van der Waals surface area contributed by atoms with Crippen LogP contribution in [0.5, 0.6) is 0 Å². The molecule has 0 heterocycles. The third-order valence-corrected chi connectivity index (χ3v) is 6.12. The molecule has 6 nitrogen and oxygen atoms in total. The predicted octanol–water partition coefficient (Wildman–Crippen LogP) is 3.90. The van der Waals surface area contributed by atoms with Crippen molar-refractivity contribution >= 4 is 33.4 Å². The second-order valence-electron chi connectivity index (χ2n) is 7.35. The molecule has 1 aliphatic carbocycles. The molecule has 1 saturated carbocycles. The molecule has 0 saturated heterocycles. The number of anilines is 1. The molecule has 0 radical (unpaired) electrons. The number of halogens is 1. The number of nitrogens with one attached hydrogen (secondary N) is 3. The van der Waals surface area contributed by atoms with Crippen LogP contribution in [0.25, 0.3) is 0 Å². The van der Waals surface area contributed by atoms with Crippen LogP contribution in [0, 0.1) is 5.92 Å². The van der Waals surface area contributed by atoms with E-state index in [0.29, 0.717) is 11.5 Å². The Bertz CT molecular complexity index is 852. The van der Waals surface area contributed by atoms with Gasteiger partial charge >= 0.3 is 0 Å². The maximum atomic E-state index is 12.9. The highest BCUT2D eigenvalue weighted by molar-refractivity contribution is 9.10. The van der Waals surface area contributed by atoms with E-state index in [1.54, 1.807) is 6.07 Å². The summed E-state index contributed by atoms with van der Waals surface area (Å²) in [7, 11) is 0. The van der Waals surface area contributed by atoms with E-state index < -0.39 is 0 Å². The minimum Gasteiger partial charge on any atom is -0.322 e. The number of hydrazine groups is 1. The maximum Gasteiger partial charge on any atom is 0.256 e. The normalized spacial score (nSPS) is 15.5. The first-order valence-corrected chi connectivity index (χ1v) is 10.8. The molecule has 1 fully saturated rings. The summed E-state index contributed by atoms with van der Waals surface area (Å²) in [5.74, 6) is 5.21. The Morgan fingerprint density at radius 1 is 1.03 bits per heavy atom. The molecular weight excluding hydrogens is 432 g/mol. The van der Waals surface area contributed by atoms with Gasteiger partial charge in [-0.15, -0.1) is 0 Å². The van der Waals surface area contributed by atoms with E-state index in [-0.39, 0.29) is 24.4 Å². The molecule has 0 aliphatic heterocycles. The number of carbonyl (C=O) groups excluding carboxylic acids is 2. The first-order valence-electron chi connectivity index (χ1n) is 9.97. The van der Waals surface area contributed by atoms with E-state index in [1.807, 2.05) is 42.5 Å². The monoisotopic (exact) mass is 458 g/mol. The van der Waals surface area contributed by atoms with E-state index in [4.69, 9.17) is 5.84 Å². The topological polar surface area (TPSA) is 96.2 Å². The fourth-order valence-electron chi connectivity index (χ4n) is 3.97. The van der Waals surface area contributed by atoms with Crippen molar-refractivity contribution in [3.05, 3.63) is 64.1 Å². The number of rotatable bonds is 7. The summed E-state index contributed by atoms with van der Waals surface area (Å²) < 4.78 is 0.747. The molecule has 0 bridgehead atoms. The van der Waals surface area contributed by atoms with E-state index in [9.17, 15) is 9.59 Å². The third-order valence-electron chi connectivity index (χ3n) is 5.43. The van der Waals surface area contributed by atoms with Crippen molar-refractivity contribution in [3.8, 4) is 0 Å². The molecule has 5 N–H and O–H groups in total. The van der Waals surface area contributed by atoms with Crippen molar-refractivity contribution in [1.29, 1.82) is 0 Å². The largest absolute Gasteiger partial charge is 0.322 e. The lowest BCUT2D eigenvalue weighted by atomic mass is 9.80. The van der Waals surface area contributed by atoms with E-state index in [2.05, 4.69) is 32.0 Å². The molecule has 3 rings (SSSR count). The summed E-state index contributed by atoms with van der Waals surface area (Å²) in [5, 5.41) is 6.42. The molecule has 0 spiro atoms. The Kier molecular flexibility index (Phi) is 7.80. The van der Waals surface area contributed by atoms with Crippen LogP contribution in [0.15, 0.2) is 53.0 Å². The molecule has 2 aromatic carbocycles. The van der Waals surface area contributed by atoms with Gasteiger partial charge in [0.15, 0.2) is 0 Å².